The van der Waals surface area contributed by atoms with Crippen LogP contribution in [0, 0.1) is 0 Å². The van der Waals surface area contributed by atoms with E-state index in [0.29, 0.717) is 6.54 Å². The molecule has 4 heteroatoms. The van der Waals surface area contributed by atoms with Gasteiger partial charge in [0.2, 0.25) is 0 Å². The molecule has 0 unspecified atom stereocenters. The Kier molecular flexibility index (Phi) is 5.88. The van der Waals surface area contributed by atoms with Gasteiger partial charge < -0.3 is 9.47 Å². The normalized spacial score (nSPS) is 10.7. The van der Waals surface area contributed by atoms with Crippen molar-refractivity contribution in [1.82, 2.24) is 0 Å². The molecule has 4 nitrogen and oxygen atoms in total. The Bertz CT molecular complexity index is 826. The lowest BCUT2D eigenvalue weighted by Gasteiger charge is -2.19. The first kappa shape index (κ1) is 17.5. The number of methoxy groups -OCH3 is 2. The summed E-state index contributed by atoms with van der Waals surface area (Å²) in [6.45, 7) is 0.683. The molecule has 3 aromatic rings. The van der Waals surface area contributed by atoms with E-state index in [1.54, 1.807) is 14.2 Å². The molecular weight excluding hydrogens is 324 g/mol. The largest absolute Gasteiger partial charge is 0.497 e. The minimum atomic E-state index is 0.683. The van der Waals surface area contributed by atoms with Crippen LogP contribution in [0.25, 0.3) is 0 Å². The zero-order valence-electron chi connectivity index (χ0n) is 15.0. The molecule has 0 heterocycles. The molecule has 0 aliphatic heterocycles. The number of benzene rings is 3. The smallest absolute Gasteiger partial charge is 0.123 e. The molecule has 26 heavy (non-hydrogen) atoms. The van der Waals surface area contributed by atoms with Crippen molar-refractivity contribution in [1.29, 1.82) is 0 Å². The van der Waals surface area contributed by atoms with Crippen LogP contribution < -0.4 is 14.5 Å². The monoisotopic (exact) mass is 346 g/mol. The van der Waals surface area contributed by atoms with Gasteiger partial charge in [0, 0.05) is 11.6 Å². The molecule has 0 atom stereocenters. The summed E-state index contributed by atoms with van der Waals surface area (Å²) in [5.41, 5.74) is 3.13. The highest BCUT2D eigenvalue weighted by atomic mass is 16.5. The highest BCUT2D eigenvalue weighted by Gasteiger charge is 2.06. The number of anilines is 1. The van der Waals surface area contributed by atoms with Crippen molar-refractivity contribution >= 4 is 11.9 Å². The summed E-state index contributed by atoms with van der Waals surface area (Å²) < 4.78 is 10.7. The van der Waals surface area contributed by atoms with Crippen LogP contribution in [0.1, 0.15) is 11.1 Å². The fourth-order valence-electron chi connectivity index (χ4n) is 2.60. The van der Waals surface area contributed by atoms with E-state index in [9.17, 15) is 0 Å². The molecule has 0 aliphatic rings. The molecule has 0 saturated carbocycles. The van der Waals surface area contributed by atoms with E-state index in [2.05, 4.69) is 12.1 Å². The maximum atomic E-state index is 5.33. The molecule has 0 fully saturated rings. The van der Waals surface area contributed by atoms with Gasteiger partial charge in [-0.3, -0.25) is 5.01 Å². The topological polar surface area (TPSA) is 34.1 Å². The lowest BCUT2D eigenvalue weighted by atomic mass is 10.2. The van der Waals surface area contributed by atoms with E-state index < -0.39 is 0 Å². The van der Waals surface area contributed by atoms with Gasteiger partial charge in [-0.15, -0.1) is 0 Å². The first-order valence-corrected chi connectivity index (χ1v) is 8.42. The fraction of sp³-hybridized carbons (Fsp3) is 0.136. The van der Waals surface area contributed by atoms with Crippen molar-refractivity contribution in [2.45, 2.75) is 6.54 Å². The van der Waals surface area contributed by atoms with E-state index in [1.165, 1.54) is 5.56 Å². The summed E-state index contributed by atoms with van der Waals surface area (Å²) in [7, 11) is 3.28. The maximum absolute atomic E-state index is 5.33. The van der Waals surface area contributed by atoms with Gasteiger partial charge in [0.25, 0.3) is 0 Å². The van der Waals surface area contributed by atoms with Crippen molar-refractivity contribution in [3.63, 3.8) is 0 Å². The van der Waals surface area contributed by atoms with Crippen LogP contribution in [0.4, 0.5) is 5.69 Å². The van der Waals surface area contributed by atoms with Crippen molar-refractivity contribution < 1.29 is 9.47 Å². The second-order valence-electron chi connectivity index (χ2n) is 5.77. The van der Waals surface area contributed by atoms with Gasteiger partial charge in [0.1, 0.15) is 11.5 Å². The van der Waals surface area contributed by atoms with Crippen LogP contribution in [0.2, 0.25) is 0 Å². The number of hydrazone groups is 1. The molecule has 3 rings (SSSR count). The molecule has 0 aromatic heterocycles. The predicted octanol–water partition coefficient (Wildman–Crippen LogP) is 4.74. The Morgan fingerprint density at radius 1 is 0.808 bits per heavy atom. The van der Waals surface area contributed by atoms with Crippen LogP contribution in [-0.4, -0.2) is 20.4 Å². The zero-order valence-corrected chi connectivity index (χ0v) is 15.0. The minimum Gasteiger partial charge on any atom is -0.497 e. The Labute approximate surface area is 154 Å². The SMILES string of the molecule is COc1cc(/C=N\N(Cc2ccccc2)c2ccccc2)cc(OC)c1. The van der Waals surface area contributed by atoms with Crippen molar-refractivity contribution in [3.05, 3.63) is 90.0 Å². The average Bonchev–Trinajstić information content (AvgIpc) is 2.72. The second kappa shape index (κ2) is 8.72. The second-order valence-corrected chi connectivity index (χ2v) is 5.77. The zero-order chi connectivity index (χ0) is 18.2. The van der Waals surface area contributed by atoms with Crippen molar-refractivity contribution in [2.24, 2.45) is 5.10 Å². The third-order valence-corrected chi connectivity index (χ3v) is 3.95. The molecule has 0 saturated heterocycles. The summed E-state index contributed by atoms with van der Waals surface area (Å²) in [5, 5.41) is 6.68. The third kappa shape index (κ3) is 4.63. The molecule has 0 radical (unpaired) electrons. The molecule has 0 amide bonds. The lowest BCUT2D eigenvalue weighted by Crippen LogP contribution is -2.16. The third-order valence-electron chi connectivity index (χ3n) is 3.95. The molecule has 0 aliphatic carbocycles. The van der Waals surface area contributed by atoms with E-state index in [1.807, 2.05) is 78.0 Å². The molecule has 0 bridgehead atoms. The number of rotatable bonds is 7. The summed E-state index contributed by atoms with van der Waals surface area (Å²) in [4.78, 5) is 0. The van der Waals surface area contributed by atoms with E-state index in [0.717, 1.165) is 22.7 Å². The van der Waals surface area contributed by atoms with Gasteiger partial charge >= 0.3 is 0 Å². The van der Waals surface area contributed by atoms with Crippen LogP contribution in [0.3, 0.4) is 0 Å². The average molecular weight is 346 g/mol. The van der Waals surface area contributed by atoms with Gasteiger partial charge in [0.05, 0.1) is 32.7 Å². The van der Waals surface area contributed by atoms with Gasteiger partial charge in [-0.25, -0.2) is 0 Å². The number of ether oxygens (including phenoxy) is 2. The summed E-state index contributed by atoms with van der Waals surface area (Å²) in [6.07, 6.45) is 1.82. The Balaban J connectivity index is 1.89. The molecule has 132 valence electrons. The standard InChI is InChI=1S/C22H22N2O2/c1-25-21-13-19(14-22(15-21)26-2)16-23-24(20-11-7-4-8-12-20)17-18-9-5-3-6-10-18/h3-16H,17H2,1-2H3/b23-16-. The minimum absolute atomic E-state index is 0.683. The van der Waals surface area contributed by atoms with Crippen LogP contribution in [0.15, 0.2) is 84.0 Å². The Morgan fingerprint density at radius 2 is 1.38 bits per heavy atom. The number of nitrogens with zero attached hydrogens (tertiary/aromatic N) is 2. The van der Waals surface area contributed by atoms with E-state index in [-0.39, 0.29) is 0 Å². The number of hydrogen-bond acceptors (Lipinski definition) is 4. The van der Waals surface area contributed by atoms with Gasteiger partial charge in [0.15, 0.2) is 0 Å². The maximum Gasteiger partial charge on any atom is 0.123 e. The van der Waals surface area contributed by atoms with Gasteiger partial charge in [-0.2, -0.15) is 5.10 Å². The first-order chi connectivity index (χ1) is 12.8. The highest BCUT2D eigenvalue weighted by Crippen LogP contribution is 2.22. The van der Waals surface area contributed by atoms with Crippen LogP contribution in [-0.2, 0) is 6.54 Å². The Morgan fingerprint density at radius 3 is 1.96 bits per heavy atom. The molecule has 0 N–H and O–H groups in total. The van der Waals surface area contributed by atoms with Gasteiger partial charge in [-0.05, 0) is 29.8 Å². The van der Waals surface area contributed by atoms with Crippen molar-refractivity contribution in [2.75, 3.05) is 19.2 Å². The van der Waals surface area contributed by atoms with Gasteiger partial charge in [-0.1, -0.05) is 48.5 Å². The Hall–Kier alpha value is -3.27. The fourth-order valence-corrected chi connectivity index (χ4v) is 2.60. The van der Waals surface area contributed by atoms with Crippen LogP contribution in [0.5, 0.6) is 11.5 Å². The molecule has 3 aromatic carbocycles. The summed E-state index contributed by atoms with van der Waals surface area (Å²) in [5.74, 6) is 1.47. The molecular formula is C22H22N2O2. The van der Waals surface area contributed by atoms with Crippen LogP contribution >= 0.6 is 0 Å². The molecule has 0 spiro atoms. The quantitative estimate of drug-likeness (QED) is 0.457. The highest BCUT2D eigenvalue weighted by molar-refractivity contribution is 5.82. The summed E-state index contributed by atoms with van der Waals surface area (Å²) >= 11 is 0. The number of para-hydroxylation sites is 1. The predicted molar refractivity (Wildman–Crippen MR) is 106 cm³/mol. The van der Waals surface area contributed by atoms with E-state index in [4.69, 9.17) is 14.6 Å². The van der Waals surface area contributed by atoms with E-state index >= 15 is 0 Å². The number of hydrogen-bond donors (Lipinski definition) is 0. The lowest BCUT2D eigenvalue weighted by molar-refractivity contribution is 0.394. The summed E-state index contributed by atoms with van der Waals surface area (Å²) in [6, 6.07) is 26.1. The van der Waals surface area contributed by atoms with Crippen molar-refractivity contribution in [3.8, 4) is 11.5 Å². The first-order valence-electron chi connectivity index (χ1n) is 8.42.